The van der Waals surface area contributed by atoms with Crippen molar-refractivity contribution in [3.63, 3.8) is 0 Å². The van der Waals surface area contributed by atoms with Crippen LogP contribution in [-0.2, 0) is 16.6 Å². The molecule has 0 spiro atoms. The molecule has 0 saturated heterocycles. The van der Waals surface area contributed by atoms with E-state index in [0.29, 0.717) is 6.42 Å². The average Bonchev–Trinajstić information content (AvgIpc) is 3.22. The van der Waals surface area contributed by atoms with Gasteiger partial charge in [-0.2, -0.15) is 0 Å². The van der Waals surface area contributed by atoms with Gasteiger partial charge in [0.25, 0.3) is 0 Å². The van der Waals surface area contributed by atoms with Crippen molar-refractivity contribution < 1.29 is 4.79 Å². The number of thiazole rings is 1. The molecule has 0 aliphatic carbocycles. The predicted octanol–water partition coefficient (Wildman–Crippen LogP) is 4.65. The summed E-state index contributed by atoms with van der Waals surface area (Å²) in [4.78, 5) is 18.5. The molecule has 1 amide bonds. The van der Waals surface area contributed by atoms with E-state index in [1.54, 1.807) is 16.2 Å². The monoisotopic (exact) mass is 348 g/mol. The van der Waals surface area contributed by atoms with Crippen molar-refractivity contribution in [2.75, 3.05) is 11.9 Å². The standard InChI is InChI=1S/C21H20N2OS/c1-21(2,16-7-5-4-6-8-16)20-22-17(13-25-20)14-9-10-18-15(11-14)12-19(24)23(18)3/h4-11,13H,12H2,1-3H3. The SMILES string of the molecule is CN1C(=O)Cc2cc(-c3csc(C(C)(C)c4ccccc4)n3)ccc21. The summed E-state index contributed by atoms with van der Waals surface area (Å²) in [5.41, 5.74) is 5.28. The number of aromatic nitrogens is 1. The van der Waals surface area contributed by atoms with E-state index in [0.717, 1.165) is 27.5 Å². The first kappa shape index (κ1) is 16.0. The number of hydrogen-bond acceptors (Lipinski definition) is 3. The predicted molar refractivity (Wildman–Crippen MR) is 103 cm³/mol. The Morgan fingerprint density at radius 1 is 1.12 bits per heavy atom. The number of nitrogens with zero attached hydrogens (tertiary/aromatic N) is 2. The van der Waals surface area contributed by atoms with Gasteiger partial charge in [-0.05, 0) is 37.1 Å². The normalized spacial score (nSPS) is 14.0. The number of anilines is 1. The van der Waals surface area contributed by atoms with Crippen molar-refractivity contribution in [3.8, 4) is 11.3 Å². The van der Waals surface area contributed by atoms with E-state index in [1.807, 2.05) is 19.2 Å². The lowest BCUT2D eigenvalue weighted by atomic mass is 9.85. The molecule has 0 bridgehead atoms. The van der Waals surface area contributed by atoms with Crippen LogP contribution in [0.15, 0.2) is 53.9 Å². The number of carbonyl (C=O) groups is 1. The van der Waals surface area contributed by atoms with Crippen molar-refractivity contribution >= 4 is 22.9 Å². The quantitative estimate of drug-likeness (QED) is 0.690. The molecule has 2 heterocycles. The maximum absolute atomic E-state index is 11.9. The summed E-state index contributed by atoms with van der Waals surface area (Å²) >= 11 is 1.69. The minimum Gasteiger partial charge on any atom is -0.315 e. The average molecular weight is 348 g/mol. The van der Waals surface area contributed by atoms with Gasteiger partial charge in [0, 0.05) is 29.1 Å². The van der Waals surface area contributed by atoms with Gasteiger partial charge < -0.3 is 4.90 Å². The Morgan fingerprint density at radius 2 is 1.88 bits per heavy atom. The third-order valence-corrected chi connectivity index (χ3v) is 6.15. The van der Waals surface area contributed by atoms with Gasteiger partial charge in [-0.3, -0.25) is 4.79 Å². The van der Waals surface area contributed by atoms with Crippen molar-refractivity contribution in [2.24, 2.45) is 0 Å². The molecule has 25 heavy (non-hydrogen) atoms. The smallest absolute Gasteiger partial charge is 0.231 e. The van der Waals surface area contributed by atoms with Gasteiger partial charge in [0.05, 0.1) is 12.1 Å². The molecule has 3 aromatic rings. The van der Waals surface area contributed by atoms with Crippen LogP contribution in [0.2, 0.25) is 0 Å². The molecule has 0 unspecified atom stereocenters. The zero-order valence-electron chi connectivity index (χ0n) is 14.6. The number of benzene rings is 2. The first-order valence-electron chi connectivity index (χ1n) is 8.38. The lowest BCUT2D eigenvalue weighted by Gasteiger charge is -2.22. The number of hydrogen-bond donors (Lipinski definition) is 0. The van der Waals surface area contributed by atoms with E-state index < -0.39 is 0 Å². The number of amides is 1. The lowest BCUT2D eigenvalue weighted by Crippen LogP contribution is -2.20. The highest BCUT2D eigenvalue weighted by atomic mass is 32.1. The first-order valence-corrected chi connectivity index (χ1v) is 9.26. The Balaban J connectivity index is 1.69. The maximum atomic E-state index is 11.9. The van der Waals surface area contributed by atoms with Gasteiger partial charge in [0.1, 0.15) is 5.01 Å². The summed E-state index contributed by atoms with van der Waals surface area (Å²) in [6.45, 7) is 4.42. The number of rotatable bonds is 3. The van der Waals surface area contributed by atoms with Gasteiger partial charge in [-0.25, -0.2) is 4.98 Å². The minimum absolute atomic E-state index is 0.128. The number of carbonyl (C=O) groups excluding carboxylic acids is 1. The molecule has 3 nitrogen and oxygen atoms in total. The van der Waals surface area contributed by atoms with E-state index in [4.69, 9.17) is 4.98 Å². The molecule has 1 aromatic heterocycles. The van der Waals surface area contributed by atoms with Crippen LogP contribution in [0.3, 0.4) is 0 Å². The van der Waals surface area contributed by atoms with Gasteiger partial charge >= 0.3 is 0 Å². The molecule has 0 radical (unpaired) electrons. The first-order chi connectivity index (χ1) is 12.0. The highest BCUT2D eigenvalue weighted by molar-refractivity contribution is 7.10. The van der Waals surface area contributed by atoms with Crippen molar-refractivity contribution in [1.29, 1.82) is 0 Å². The molecule has 0 N–H and O–H groups in total. The molecule has 0 fully saturated rings. The molecular weight excluding hydrogens is 328 g/mol. The van der Waals surface area contributed by atoms with Crippen molar-refractivity contribution in [2.45, 2.75) is 25.7 Å². The van der Waals surface area contributed by atoms with Crippen LogP contribution in [-0.4, -0.2) is 17.9 Å². The third-order valence-electron chi connectivity index (χ3n) is 4.99. The number of fused-ring (bicyclic) bond motifs is 1. The van der Waals surface area contributed by atoms with E-state index in [1.165, 1.54) is 5.56 Å². The summed E-state index contributed by atoms with van der Waals surface area (Å²) in [5, 5.41) is 3.21. The fraction of sp³-hybridized carbons (Fsp3) is 0.238. The Hall–Kier alpha value is -2.46. The lowest BCUT2D eigenvalue weighted by molar-refractivity contribution is -0.117. The molecule has 2 aromatic carbocycles. The van der Waals surface area contributed by atoms with Crippen molar-refractivity contribution in [3.05, 3.63) is 70.0 Å². The van der Waals surface area contributed by atoms with Gasteiger partial charge in [0.15, 0.2) is 0 Å². The summed E-state index contributed by atoms with van der Waals surface area (Å²) in [7, 11) is 1.83. The minimum atomic E-state index is -0.128. The van der Waals surface area contributed by atoms with Crippen molar-refractivity contribution in [1.82, 2.24) is 4.98 Å². The van der Waals surface area contributed by atoms with E-state index >= 15 is 0 Å². The molecular formula is C21H20N2OS. The Morgan fingerprint density at radius 3 is 2.64 bits per heavy atom. The Kier molecular flexibility index (Phi) is 3.73. The molecule has 126 valence electrons. The van der Waals surface area contributed by atoms with Crippen LogP contribution < -0.4 is 4.90 Å². The summed E-state index contributed by atoms with van der Waals surface area (Å²) < 4.78 is 0. The molecule has 4 heteroatoms. The molecule has 1 aliphatic rings. The van der Waals surface area contributed by atoms with E-state index in [2.05, 4.69) is 55.6 Å². The fourth-order valence-electron chi connectivity index (χ4n) is 3.30. The fourth-order valence-corrected chi connectivity index (χ4v) is 4.28. The van der Waals surface area contributed by atoms with Crippen LogP contribution in [0, 0.1) is 0 Å². The van der Waals surface area contributed by atoms with Crippen LogP contribution in [0.5, 0.6) is 0 Å². The van der Waals surface area contributed by atoms with Crippen LogP contribution >= 0.6 is 11.3 Å². The van der Waals surface area contributed by atoms with Gasteiger partial charge in [-0.1, -0.05) is 36.4 Å². The zero-order chi connectivity index (χ0) is 17.6. The number of likely N-dealkylation sites (N-methyl/N-ethyl adjacent to an activating group) is 1. The van der Waals surface area contributed by atoms with Crippen LogP contribution in [0.1, 0.15) is 30.0 Å². The second-order valence-electron chi connectivity index (χ2n) is 7.00. The molecule has 4 rings (SSSR count). The molecule has 0 atom stereocenters. The highest BCUT2D eigenvalue weighted by Crippen LogP contribution is 2.37. The summed E-state index contributed by atoms with van der Waals surface area (Å²) in [5.74, 6) is 0.149. The summed E-state index contributed by atoms with van der Waals surface area (Å²) in [6, 6.07) is 16.7. The maximum Gasteiger partial charge on any atom is 0.231 e. The largest absolute Gasteiger partial charge is 0.315 e. The van der Waals surface area contributed by atoms with Crippen LogP contribution in [0.25, 0.3) is 11.3 Å². The van der Waals surface area contributed by atoms with Gasteiger partial charge in [-0.15, -0.1) is 11.3 Å². The molecule has 1 aliphatic heterocycles. The molecule has 0 saturated carbocycles. The van der Waals surface area contributed by atoms with E-state index in [-0.39, 0.29) is 11.3 Å². The second-order valence-corrected chi connectivity index (χ2v) is 7.86. The highest BCUT2D eigenvalue weighted by Gasteiger charge is 2.28. The topological polar surface area (TPSA) is 33.2 Å². The third kappa shape index (κ3) is 2.67. The Labute approximate surface area is 152 Å². The Bertz CT molecular complexity index is 944. The van der Waals surface area contributed by atoms with E-state index in [9.17, 15) is 4.79 Å². The summed E-state index contributed by atoms with van der Waals surface area (Å²) in [6.07, 6.45) is 0.478. The van der Waals surface area contributed by atoms with Crippen LogP contribution in [0.4, 0.5) is 5.69 Å². The second kappa shape index (κ2) is 5.81. The zero-order valence-corrected chi connectivity index (χ0v) is 15.4. The van der Waals surface area contributed by atoms with Gasteiger partial charge in [0.2, 0.25) is 5.91 Å².